The van der Waals surface area contributed by atoms with Crippen molar-refractivity contribution in [1.82, 2.24) is 4.90 Å². The van der Waals surface area contributed by atoms with Crippen LogP contribution in [0.25, 0.3) is 0 Å². The van der Waals surface area contributed by atoms with Gasteiger partial charge in [-0.3, -0.25) is 0 Å². The molecule has 1 amide bonds. The highest BCUT2D eigenvalue weighted by atomic mass is 16.6. The third kappa shape index (κ3) is 6.57. The Hall–Kier alpha value is -3.35. The number of nitrogens with zero attached hydrogens (tertiary/aromatic N) is 1. The standard InChI is InChI=1S/C25H29NO6/c1-25(2,3)32-24(29)26-15-14-21(31-23(28)19-12-8-5-9-13-19)20(16-26)17-30-22(27)18-10-6-4-7-11-18/h4-13,20-21H,14-17H2,1-3H3/t20-,21+/m1/s1. The van der Waals surface area contributed by atoms with Crippen LogP contribution in [0.2, 0.25) is 0 Å². The molecule has 3 rings (SSSR count). The van der Waals surface area contributed by atoms with E-state index in [2.05, 4.69) is 0 Å². The van der Waals surface area contributed by atoms with Gasteiger partial charge in [-0.15, -0.1) is 0 Å². The van der Waals surface area contributed by atoms with E-state index in [1.807, 2.05) is 12.1 Å². The summed E-state index contributed by atoms with van der Waals surface area (Å²) in [5.74, 6) is -1.29. The molecule has 0 bridgehead atoms. The number of hydrogen-bond donors (Lipinski definition) is 0. The molecule has 0 radical (unpaired) electrons. The summed E-state index contributed by atoms with van der Waals surface area (Å²) in [4.78, 5) is 39.1. The average molecular weight is 440 g/mol. The molecule has 32 heavy (non-hydrogen) atoms. The highest BCUT2D eigenvalue weighted by Gasteiger charge is 2.36. The maximum atomic E-state index is 12.6. The van der Waals surface area contributed by atoms with Crippen molar-refractivity contribution in [3.63, 3.8) is 0 Å². The summed E-state index contributed by atoms with van der Waals surface area (Å²) in [5, 5.41) is 0. The van der Waals surface area contributed by atoms with Crippen LogP contribution in [0.1, 0.15) is 47.9 Å². The molecule has 1 fully saturated rings. The van der Waals surface area contributed by atoms with E-state index in [0.717, 1.165) is 0 Å². The zero-order valence-corrected chi connectivity index (χ0v) is 18.7. The summed E-state index contributed by atoms with van der Waals surface area (Å²) >= 11 is 0. The maximum Gasteiger partial charge on any atom is 0.410 e. The van der Waals surface area contributed by atoms with Gasteiger partial charge in [-0.2, -0.15) is 0 Å². The zero-order chi connectivity index (χ0) is 23.1. The monoisotopic (exact) mass is 439 g/mol. The van der Waals surface area contributed by atoms with Crippen LogP contribution >= 0.6 is 0 Å². The van der Waals surface area contributed by atoms with Gasteiger partial charge in [0, 0.05) is 25.4 Å². The molecule has 1 aliphatic heterocycles. The Morgan fingerprint density at radius 3 is 2.03 bits per heavy atom. The molecule has 0 aromatic heterocycles. The van der Waals surface area contributed by atoms with Crippen molar-refractivity contribution in [2.45, 2.75) is 38.9 Å². The number of benzene rings is 2. The predicted octanol–water partition coefficient (Wildman–Crippen LogP) is 4.33. The molecular weight excluding hydrogens is 410 g/mol. The van der Waals surface area contributed by atoms with Gasteiger partial charge in [0.2, 0.25) is 0 Å². The van der Waals surface area contributed by atoms with Crippen LogP contribution < -0.4 is 0 Å². The first-order chi connectivity index (χ1) is 15.2. The lowest BCUT2D eigenvalue weighted by molar-refractivity contribution is -0.0404. The minimum absolute atomic E-state index is 0.0137. The lowest BCUT2D eigenvalue weighted by atomic mass is 9.95. The summed E-state index contributed by atoms with van der Waals surface area (Å²) in [6.07, 6.45) is -0.513. The van der Waals surface area contributed by atoms with E-state index in [-0.39, 0.29) is 19.1 Å². The number of rotatable bonds is 5. The lowest BCUT2D eigenvalue weighted by Crippen LogP contribution is -2.50. The summed E-state index contributed by atoms with van der Waals surface area (Å²) in [6, 6.07) is 17.4. The molecule has 170 valence electrons. The van der Waals surface area contributed by atoms with Crippen LogP contribution in [-0.2, 0) is 14.2 Å². The average Bonchev–Trinajstić information content (AvgIpc) is 2.78. The van der Waals surface area contributed by atoms with Crippen LogP contribution in [0.15, 0.2) is 60.7 Å². The van der Waals surface area contributed by atoms with Gasteiger partial charge >= 0.3 is 18.0 Å². The topological polar surface area (TPSA) is 82.1 Å². The van der Waals surface area contributed by atoms with Crippen molar-refractivity contribution in [3.05, 3.63) is 71.8 Å². The summed E-state index contributed by atoms with van der Waals surface area (Å²) in [5.41, 5.74) is 0.260. The summed E-state index contributed by atoms with van der Waals surface area (Å²) in [7, 11) is 0. The van der Waals surface area contributed by atoms with E-state index in [1.165, 1.54) is 0 Å². The summed E-state index contributed by atoms with van der Waals surface area (Å²) in [6.45, 7) is 6.06. The molecule has 0 N–H and O–H groups in total. The van der Waals surface area contributed by atoms with Crippen molar-refractivity contribution in [3.8, 4) is 0 Å². The van der Waals surface area contributed by atoms with E-state index in [9.17, 15) is 14.4 Å². The van der Waals surface area contributed by atoms with Crippen LogP contribution in [0, 0.1) is 5.92 Å². The molecule has 2 aromatic carbocycles. The molecule has 1 heterocycles. The Balaban J connectivity index is 1.69. The van der Waals surface area contributed by atoms with Gasteiger partial charge in [0.25, 0.3) is 0 Å². The Bertz CT molecular complexity index is 922. The van der Waals surface area contributed by atoms with Gasteiger partial charge < -0.3 is 19.1 Å². The molecule has 7 heteroatoms. The van der Waals surface area contributed by atoms with Gasteiger partial charge in [-0.25, -0.2) is 14.4 Å². The third-order valence-electron chi connectivity index (χ3n) is 5.02. The Kier molecular flexibility index (Phi) is 7.51. The van der Waals surface area contributed by atoms with Crippen LogP contribution in [0.3, 0.4) is 0 Å². The van der Waals surface area contributed by atoms with Crippen molar-refractivity contribution >= 4 is 18.0 Å². The van der Waals surface area contributed by atoms with E-state index in [1.54, 1.807) is 74.2 Å². The number of carbonyl (C=O) groups is 3. The predicted molar refractivity (Wildman–Crippen MR) is 118 cm³/mol. The smallest absolute Gasteiger partial charge is 0.410 e. The largest absolute Gasteiger partial charge is 0.462 e. The first-order valence-corrected chi connectivity index (χ1v) is 10.7. The second-order valence-electron chi connectivity index (χ2n) is 8.75. The van der Waals surface area contributed by atoms with Gasteiger partial charge in [-0.1, -0.05) is 36.4 Å². The Morgan fingerprint density at radius 1 is 0.906 bits per heavy atom. The van der Waals surface area contributed by atoms with E-state index < -0.39 is 29.7 Å². The molecule has 2 atom stereocenters. The fourth-order valence-corrected chi connectivity index (χ4v) is 3.44. The molecule has 0 saturated carbocycles. The highest BCUT2D eigenvalue weighted by Crippen LogP contribution is 2.24. The molecule has 7 nitrogen and oxygen atoms in total. The fraction of sp³-hybridized carbons (Fsp3) is 0.400. The van der Waals surface area contributed by atoms with Gasteiger partial charge in [0.05, 0.1) is 17.7 Å². The number of amides is 1. The van der Waals surface area contributed by atoms with Gasteiger partial charge in [0.15, 0.2) is 0 Å². The highest BCUT2D eigenvalue weighted by molar-refractivity contribution is 5.90. The second kappa shape index (κ2) is 10.3. The van der Waals surface area contributed by atoms with Crippen LogP contribution in [-0.4, -0.2) is 54.3 Å². The fourth-order valence-electron chi connectivity index (χ4n) is 3.44. The first kappa shape index (κ1) is 23.3. The summed E-state index contributed by atoms with van der Waals surface area (Å²) < 4.78 is 16.7. The van der Waals surface area contributed by atoms with E-state index >= 15 is 0 Å². The number of likely N-dealkylation sites (tertiary alicyclic amines) is 1. The van der Waals surface area contributed by atoms with E-state index in [0.29, 0.717) is 24.1 Å². The van der Waals surface area contributed by atoms with Crippen molar-refractivity contribution < 1.29 is 28.6 Å². The molecule has 0 aliphatic carbocycles. The minimum atomic E-state index is -0.622. The molecule has 1 saturated heterocycles. The zero-order valence-electron chi connectivity index (χ0n) is 18.7. The second-order valence-corrected chi connectivity index (χ2v) is 8.75. The Labute approximate surface area is 188 Å². The number of esters is 2. The normalized spacial score (nSPS) is 18.5. The number of ether oxygens (including phenoxy) is 3. The third-order valence-corrected chi connectivity index (χ3v) is 5.02. The van der Waals surface area contributed by atoms with Gasteiger partial charge in [-0.05, 0) is 45.0 Å². The minimum Gasteiger partial charge on any atom is -0.462 e. The molecule has 0 spiro atoms. The lowest BCUT2D eigenvalue weighted by Gasteiger charge is -2.38. The van der Waals surface area contributed by atoms with Crippen molar-refractivity contribution in [2.75, 3.05) is 19.7 Å². The van der Waals surface area contributed by atoms with Crippen LogP contribution in [0.5, 0.6) is 0 Å². The number of piperidine rings is 1. The van der Waals surface area contributed by atoms with E-state index in [4.69, 9.17) is 14.2 Å². The Morgan fingerprint density at radius 2 is 1.47 bits per heavy atom. The molecule has 0 unspecified atom stereocenters. The number of hydrogen-bond acceptors (Lipinski definition) is 6. The van der Waals surface area contributed by atoms with Crippen molar-refractivity contribution in [1.29, 1.82) is 0 Å². The number of carbonyl (C=O) groups excluding carboxylic acids is 3. The van der Waals surface area contributed by atoms with Gasteiger partial charge in [0.1, 0.15) is 11.7 Å². The molecule has 1 aliphatic rings. The van der Waals surface area contributed by atoms with Crippen LogP contribution in [0.4, 0.5) is 4.79 Å². The van der Waals surface area contributed by atoms with Crippen molar-refractivity contribution in [2.24, 2.45) is 5.92 Å². The first-order valence-electron chi connectivity index (χ1n) is 10.7. The molecular formula is C25H29NO6. The quantitative estimate of drug-likeness (QED) is 0.510. The maximum absolute atomic E-state index is 12.6. The SMILES string of the molecule is CC(C)(C)OC(=O)N1CC[C@H](OC(=O)c2ccccc2)[C@@H](COC(=O)c2ccccc2)C1. The molecule has 2 aromatic rings.